The topological polar surface area (TPSA) is 46.2 Å². The van der Waals surface area contributed by atoms with Crippen LogP contribution in [0.4, 0.5) is 4.39 Å². The SMILES string of the molecule is O=C(CNC(=O)C(c1ccc(Cl)cc1)C1CC1)c1ccc(F)cc1. The molecule has 1 saturated carbocycles. The number of carbonyl (C=O) groups excluding carboxylic acids is 2. The molecule has 0 saturated heterocycles. The lowest BCUT2D eigenvalue weighted by Crippen LogP contribution is -2.34. The van der Waals surface area contributed by atoms with Crippen LogP contribution in [0.1, 0.15) is 34.7 Å². The Hall–Kier alpha value is -2.20. The Morgan fingerprint density at radius 2 is 1.71 bits per heavy atom. The quantitative estimate of drug-likeness (QED) is 0.805. The van der Waals surface area contributed by atoms with Crippen LogP contribution in [0.3, 0.4) is 0 Å². The van der Waals surface area contributed by atoms with E-state index in [-0.39, 0.29) is 24.2 Å². The highest BCUT2D eigenvalue weighted by molar-refractivity contribution is 6.30. The second kappa shape index (κ2) is 7.14. The third-order valence-corrected chi connectivity index (χ3v) is 4.45. The molecular formula is C19H17ClFNO2. The summed E-state index contributed by atoms with van der Waals surface area (Å²) in [6.07, 6.45) is 2.01. The van der Waals surface area contributed by atoms with Crippen molar-refractivity contribution in [2.45, 2.75) is 18.8 Å². The van der Waals surface area contributed by atoms with Gasteiger partial charge in [0.15, 0.2) is 5.78 Å². The molecule has 24 heavy (non-hydrogen) atoms. The molecule has 1 amide bonds. The Morgan fingerprint density at radius 1 is 1.08 bits per heavy atom. The molecule has 0 radical (unpaired) electrons. The van der Waals surface area contributed by atoms with Gasteiger partial charge in [0, 0.05) is 10.6 Å². The van der Waals surface area contributed by atoms with Gasteiger partial charge in [-0.3, -0.25) is 9.59 Å². The van der Waals surface area contributed by atoms with Crippen LogP contribution in [-0.4, -0.2) is 18.2 Å². The average Bonchev–Trinajstić information content (AvgIpc) is 3.40. The first kappa shape index (κ1) is 16.7. The lowest BCUT2D eigenvalue weighted by atomic mass is 9.93. The van der Waals surface area contributed by atoms with Crippen molar-refractivity contribution in [3.05, 3.63) is 70.5 Å². The number of halogens is 2. The van der Waals surface area contributed by atoms with Gasteiger partial charge in [-0.05, 0) is 60.7 Å². The van der Waals surface area contributed by atoms with Gasteiger partial charge in [-0.1, -0.05) is 23.7 Å². The smallest absolute Gasteiger partial charge is 0.228 e. The number of benzene rings is 2. The van der Waals surface area contributed by atoms with Crippen molar-refractivity contribution in [2.24, 2.45) is 5.92 Å². The van der Waals surface area contributed by atoms with Crippen molar-refractivity contribution in [2.75, 3.05) is 6.54 Å². The number of rotatable bonds is 6. The normalized spacial score (nSPS) is 14.9. The molecule has 1 unspecified atom stereocenters. The Bertz CT molecular complexity index is 739. The van der Waals surface area contributed by atoms with Crippen LogP contribution in [0.2, 0.25) is 5.02 Å². The summed E-state index contributed by atoms with van der Waals surface area (Å²) < 4.78 is 12.9. The van der Waals surface area contributed by atoms with Gasteiger partial charge in [-0.25, -0.2) is 4.39 Å². The lowest BCUT2D eigenvalue weighted by molar-refractivity contribution is -0.122. The summed E-state index contributed by atoms with van der Waals surface area (Å²) in [6.45, 7) is -0.0960. The van der Waals surface area contributed by atoms with Crippen molar-refractivity contribution in [1.29, 1.82) is 0 Å². The maximum Gasteiger partial charge on any atom is 0.228 e. The number of amides is 1. The van der Waals surface area contributed by atoms with Crippen molar-refractivity contribution < 1.29 is 14.0 Å². The predicted octanol–water partition coefficient (Wildman–Crippen LogP) is 3.97. The molecule has 0 heterocycles. The predicted molar refractivity (Wildman–Crippen MR) is 90.7 cm³/mol. The van der Waals surface area contributed by atoms with Crippen LogP contribution in [0, 0.1) is 11.7 Å². The number of carbonyl (C=O) groups is 2. The fourth-order valence-corrected chi connectivity index (χ4v) is 2.88. The zero-order chi connectivity index (χ0) is 17.1. The maximum atomic E-state index is 12.9. The Morgan fingerprint density at radius 3 is 2.29 bits per heavy atom. The van der Waals surface area contributed by atoms with E-state index in [1.807, 2.05) is 12.1 Å². The molecule has 0 aliphatic heterocycles. The third-order valence-electron chi connectivity index (χ3n) is 4.19. The monoisotopic (exact) mass is 345 g/mol. The van der Waals surface area contributed by atoms with Gasteiger partial charge < -0.3 is 5.32 Å². The summed E-state index contributed by atoms with van der Waals surface area (Å²) in [4.78, 5) is 24.6. The van der Waals surface area contributed by atoms with E-state index >= 15 is 0 Å². The summed E-state index contributed by atoms with van der Waals surface area (Å²) >= 11 is 5.90. The van der Waals surface area contributed by atoms with Gasteiger partial charge in [0.2, 0.25) is 5.91 Å². The second-order valence-corrected chi connectivity index (χ2v) is 6.45. The van der Waals surface area contributed by atoms with Crippen LogP contribution < -0.4 is 5.32 Å². The van der Waals surface area contributed by atoms with Crippen molar-refractivity contribution in [1.82, 2.24) is 5.32 Å². The van der Waals surface area contributed by atoms with E-state index in [1.54, 1.807) is 12.1 Å². The van der Waals surface area contributed by atoms with Crippen LogP contribution in [0.5, 0.6) is 0 Å². The highest BCUT2D eigenvalue weighted by Crippen LogP contribution is 2.42. The molecule has 1 fully saturated rings. The highest BCUT2D eigenvalue weighted by Gasteiger charge is 2.37. The molecule has 0 aromatic heterocycles. The molecule has 1 aliphatic carbocycles. The molecule has 5 heteroatoms. The summed E-state index contributed by atoms with van der Waals surface area (Å²) in [5.74, 6) is -0.744. The number of Topliss-reactive ketones (excluding diaryl/α,β-unsaturated/α-hetero) is 1. The Labute approximate surface area is 144 Å². The van der Waals surface area contributed by atoms with Crippen LogP contribution >= 0.6 is 11.6 Å². The van der Waals surface area contributed by atoms with E-state index in [2.05, 4.69) is 5.32 Å². The molecule has 2 aromatic rings. The minimum Gasteiger partial charge on any atom is -0.348 e. The molecule has 1 atom stereocenters. The van der Waals surface area contributed by atoms with E-state index in [4.69, 9.17) is 11.6 Å². The molecule has 1 aliphatic rings. The zero-order valence-electron chi connectivity index (χ0n) is 13.0. The Balaban J connectivity index is 1.65. The molecule has 3 rings (SSSR count). The van der Waals surface area contributed by atoms with Crippen molar-refractivity contribution in [3.63, 3.8) is 0 Å². The summed E-state index contributed by atoms with van der Waals surface area (Å²) in [5, 5.41) is 3.34. The van der Waals surface area contributed by atoms with E-state index < -0.39 is 5.82 Å². The average molecular weight is 346 g/mol. The van der Waals surface area contributed by atoms with Crippen molar-refractivity contribution in [3.8, 4) is 0 Å². The number of nitrogens with one attached hydrogen (secondary N) is 1. The largest absolute Gasteiger partial charge is 0.348 e. The molecule has 124 valence electrons. The highest BCUT2D eigenvalue weighted by atomic mass is 35.5. The molecule has 2 aromatic carbocycles. The zero-order valence-corrected chi connectivity index (χ0v) is 13.7. The van der Waals surface area contributed by atoms with E-state index in [9.17, 15) is 14.0 Å². The van der Waals surface area contributed by atoms with E-state index in [1.165, 1.54) is 24.3 Å². The molecule has 3 nitrogen and oxygen atoms in total. The minimum absolute atomic E-state index is 0.0960. The van der Waals surface area contributed by atoms with Crippen LogP contribution in [-0.2, 0) is 4.79 Å². The number of hydrogen-bond donors (Lipinski definition) is 1. The third kappa shape index (κ3) is 4.01. The van der Waals surface area contributed by atoms with Crippen molar-refractivity contribution >= 4 is 23.3 Å². The summed E-state index contributed by atoms with van der Waals surface area (Å²) in [5.41, 5.74) is 1.29. The summed E-state index contributed by atoms with van der Waals surface area (Å²) in [6, 6.07) is 12.5. The van der Waals surface area contributed by atoms with Gasteiger partial charge >= 0.3 is 0 Å². The number of hydrogen-bond acceptors (Lipinski definition) is 2. The lowest BCUT2D eigenvalue weighted by Gasteiger charge is -2.16. The number of ketones is 1. The van der Waals surface area contributed by atoms with Gasteiger partial charge in [0.1, 0.15) is 5.82 Å². The van der Waals surface area contributed by atoms with E-state index in [0.29, 0.717) is 16.5 Å². The molecule has 0 bridgehead atoms. The molecule has 1 N–H and O–H groups in total. The van der Waals surface area contributed by atoms with Gasteiger partial charge in [0.05, 0.1) is 12.5 Å². The minimum atomic E-state index is -0.396. The molecule has 0 spiro atoms. The molecular weight excluding hydrogens is 329 g/mol. The van der Waals surface area contributed by atoms with Crippen LogP contribution in [0.25, 0.3) is 0 Å². The first-order valence-electron chi connectivity index (χ1n) is 7.86. The maximum absolute atomic E-state index is 12.9. The van der Waals surface area contributed by atoms with E-state index in [0.717, 1.165) is 18.4 Å². The van der Waals surface area contributed by atoms with Gasteiger partial charge in [-0.15, -0.1) is 0 Å². The van der Waals surface area contributed by atoms with Gasteiger partial charge in [0.25, 0.3) is 0 Å². The van der Waals surface area contributed by atoms with Gasteiger partial charge in [-0.2, -0.15) is 0 Å². The first-order chi connectivity index (χ1) is 11.5. The Kier molecular flexibility index (Phi) is 4.95. The fourth-order valence-electron chi connectivity index (χ4n) is 2.75. The van der Waals surface area contributed by atoms with Crippen LogP contribution in [0.15, 0.2) is 48.5 Å². The standard InChI is InChI=1S/C19H17ClFNO2/c20-15-7-3-14(4-8-15)18(13-1-2-13)19(24)22-11-17(23)12-5-9-16(21)10-6-12/h3-10,13,18H,1-2,11H2,(H,22,24). The fraction of sp³-hybridized carbons (Fsp3) is 0.263. The summed E-state index contributed by atoms with van der Waals surface area (Å²) in [7, 11) is 0. The first-order valence-corrected chi connectivity index (χ1v) is 8.24. The second-order valence-electron chi connectivity index (χ2n) is 6.01.